The summed E-state index contributed by atoms with van der Waals surface area (Å²) in [5.74, 6) is -1.10. The number of carboxylic acid groups (broad SMARTS) is 1. The van der Waals surface area contributed by atoms with E-state index in [0.29, 0.717) is 30.1 Å². The van der Waals surface area contributed by atoms with E-state index < -0.39 is 49.0 Å². The van der Waals surface area contributed by atoms with Crippen LogP contribution in [0.2, 0.25) is 0 Å². The zero-order chi connectivity index (χ0) is 40.9. The fraction of sp³-hybridized carbons (Fsp3) is 0.881. The van der Waals surface area contributed by atoms with Gasteiger partial charge in [0.1, 0.15) is 6.10 Å². The van der Waals surface area contributed by atoms with Crippen molar-refractivity contribution in [3.8, 4) is 0 Å². The van der Waals surface area contributed by atoms with Gasteiger partial charge in [-0.25, -0.2) is 0 Å². The number of amides is 1. The summed E-state index contributed by atoms with van der Waals surface area (Å²) in [5, 5.41) is 9.94. The van der Waals surface area contributed by atoms with Crippen LogP contribution in [-0.4, -0.2) is 71.6 Å². The van der Waals surface area contributed by atoms with Crippen molar-refractivity contribution in [1.29, 1.82) is 0 Å². The van der Waals surface area contributed by atoms with Gasteiger partial charge in [-0.1, -0.05) is 53.7 Å². The van der Waals surface area contributed by atoms with E-state index in [1.807, 2.05) is 0 Å². The largest absolute Gasteiger partial charge is 0.481 e. The molecule has 1 amide bonds. The van der Waals surface area contributed by atoms with Crippen molar-refractivity contribution < 1.29 is 32.5 Å². The van der Waals surface area contributed by atoms with Crippen LogP contribution in [0.1, 0.15) is 141 Å². The molecule has 1 saturated heterocycles. The average molecular weight is 687 g/mol. The summed E-state index contributed by atoms with van der Waals surface area (Å²) < 4.78 is 53.2. The molecule has 1 N–H and O–H groups in total. The molecule has 0 unspecified atom stereocenters. The first-order chi connectivity index (χ1) is 25.3. The molecule has 49 heavy (non-hydrogen) atoms. The van der Waals surface area contributed by atoms with Crippen LogP contribution in [0.3, 0.4) is 0 Å². The number of piperazine rings is 1. The molecule has 0 radical (unpaired) electrons. The van der Waals surface area contributed by atoms with Gasteiger partial charge in [-0.3, -0.25) is 14.4 Å². The molecule has 0 aromatic rings. The van der Waals surface area contributed by atoms with Crippen molar-refractivity contribution in [2.24, 2.45) is 62.1 Å². The van der Waals surface area contributed by atoms with Crippen LogP contribution in [0.15, 0.2) is 12.2 Å². The molecule has 7 heteroatoms. The van der Waals surface area contributed by atoms with E-state index in [1.165, 1.54) is 5.57 Å². The number of ether oxygens (including phenoxy) is 1. The predicted octanol–water partition coefficient (Wildman–Crippen LogP) is 8.22. The number of aliphatic carboxylic acids is 1. The highest BCUT2D eigenvalue weighted by Gasteiger charge is 2.72. The summed E-state index contributed by atoms with van der Waals surface area (Å²) in [6.45, 7) is 18.3. The van der Waals surface area contributed by atoms with Crippen molar-refractivity contribution in [3.63, 3.8) is 0 Å². The standard InChI is InChI=1S/C42H68N2O5/c1-11-43-22-24-44(25-23-43)35(46)42-19-14-28(27(2)3)34(42)29-12-13-31-39(8)17-16-32(49-33(45)26-37(4,5)36(47)48)38(6,7)30(39)15-18-41(31,10)40(29,9)20-21-42/h28-32,34H,2,11-26H2,1,3-10H3,(H,47,48)/t28-,29+,30-,31+,32-,34+,39-,40+,41+,42-/m0/s1/i4D3,5D3. The summed E-state index contributed by atoms with van der Waals surface area (Å²) in [4.78, 5) is 45.2. The normalized spacial score (nSPS) is 45.7. The lowest BCUT2D eigenvalue weighted by atomic mass is 9.32. The Balaban J connectivity index is 1.25. The first-order valence-electron chi connectivity index (χ1n) is 22.4. The lowest BCUT2D eigenvalue weighted by Gasteiger charge is -2.73. The van der Waals surface area contributed by atoms with E-state index >= 15 is 0 Å². The Hall–Kier alpha value is -1.89. The summed E-state index contributed by atoms with van der Waals surface area (Å²) in [6.07, 6.45) is 7.51. The van der Waals surface area contributed by atoms with Gasteiger partial charge in [-0.15, -0.1) is 0 Å². The van der Waals surface area contributed by atoms with Crippen molar-refractivity contribution >= 4 is 17.8 Å². The van der Waals surface area contributed by atoms with Crippen molar-refractivity contribution in [3.05, 3.63) is 12.2 Å². The first kappa shape index (κ1) is 29.7. The van der Waals surface area contributed by atoms with Crippen molar-refractivity contribution in [2.45, 2.75) is 139 Å². The quantitative estimate of drug-likeness (QED) is 0.215. The molecule has 0 aromatic carbocycles. The summed E-state index contributed by atoms with van der Waals surface area (Å²) >= 11 is 0. The van der Waals surface area contributed by atoms with Gasteiger partial charge in [0.05, 0.1) is 17.3 Å². The average Bonchev–Trinajstić information content (AvgIpc) is 3.48. The van der Waals surface area contributed by atoms with Gasteiger partial charge in [-0.05, 0) is 137 Å². The van der Waals surface area contributed by atoms with E-state index in [0.717, 1.165) is 90.5 Å². The molecule has 6 aliphatic rings. The van der Waals surface area contributed by atoms with Crippen LogP contribution in [0.25, 0.3) is 0 Å². The summed E-state index contributed by atoms with van der Waals surface area (Å²) in [7, 11) is 0. The Morgan fingerprint density at radius 1 is 0.878 bits per heavy atom. The van der Waals surface area contributed by atoms with Crippen LogP contribution in [0.5, 0.6) is 0 Å². The molecule has 5 aliphatic carbocycles. The summed E-state index contributed by atoms with van der Waals surface area (Å²) in [6, 6.07) is 0. The number of carboxylic acids is 1. The second-order valence-corrected chi connectivity index (χ2v) is 18.8. The molecule has 10 atom stereocenters. The highest BCUT2D eigenvalue weighted by molar-refractivity contribution is 5.84. The minimum Gasteiger partial charge on any atom is -0.481 e. The maximum absolute atomic E-state index is 14.8. The fourth-order valence-corrected chi connectivity index (χ4v) is 13.8. The zero-order valence-electron chi connectivity index (χ0n) is 37.5. The number of esters is 1. The number of carbonyl (C=O) groups excluding carboxylic acids is 2. The number of hydrogen-bond acceptors (Lipinski definition) is 5. The molecule has 0 bridgehead atoms. The molecule has 1 heterocycles. The molecule has 0 spiro atoms. The molecule has 0 aromatic heterocycles. The number of nitrogens with zero attached hydrogens (tertiary/aromatic N) is 2. The van der Waals surface area contributed by atoms with Gasteiger partial charge in [0.15, 0.2) is 0 Å². The number of allylic oxidation sites excluding steroid dienone is 1. The van der Waals surface area contributed by atoms with Crippen LogP contribution in [0, 0.1) is 62.1 Å². The van der Waals surface area contributed by atoms with Crippen LogP contribution >= 0.6 is 0 Å². The smallest absolute Gasteiger partial charge is 0.309 e. The Labute approximate surface area is 305 Å². The molecule has 276 valence electrons. The number of fused-ring (bicyclic) bond motifs is 7. The predicted molar refractivity (Wildman–Crippen MR) is 194 cm³/mol. The van der Waals surface area contributed by atoms with E-state index in [2.05, 4.69) is 64.8 Å². The van der Waals surface area contributed by atoms with E-state index in [1.54, 1.807) is 0 Å². The van der Waals surface area contributed by atoms with Gasteiger partial charge >= 0.3 is 11.9 Å². The molecule has 6 rings (SSSR count). The number of hydrogen-bond donors (Lipinski definition) is 1. The lowest BCUT2D eigenvalue weighted by molar-refractivity contribution is -0.250. The van der Waals surface area contributed by atoms with Crippen LogP contribution in [-0.2, 0) is 19.1 Å². The highest BCUT2D eigenvalue weighted by atomic mass is 16.5. The second kappa shape index (κ2) is 12.4. The highest BCUT2D eigenvalue weighted by Crippen LogP contribution is 2.77. The van der Waals surface area contributed by atoms with Crippen molar-refractivity contribution in [2.75, 3.05) is 32.7 Å². The molecular formula is C42H68N2O5. The Morgan fingerprint density at radius 3 is 2.18 bits per heavy atom. The Bertz CT molecular complexity index is 1540. The van der Waals surface area contributed by atoms with Crippen LogP contribution in [0.4, 0.5) is 0 Å². The lowest BCUT2D eigenvalue weighted by Crippen LogP contribution is -2.67. The fourth-order valence-electron chi connectivity index (χ4n) is 13.8. The summed E-state index contributed by atoms with van der Waals surface area (Å²) in [5.41, 5.74) is -2.88. The maximum atomic E-state index is 14.8. The van der Waals surface area contributed by atoms with E-state index in [-0.39, 0.29) is 33.5 Å². The van der Waals surface area contributed by atoms with Crippen LogP contribution < -0.4 is 0 Å². The molecule has 6 fully saturated rings. The second-order valence-electron chi connectivity index (χ2n) is 18.8. The molecule has 5 saturated carbocycles. The van der Waals surface area contributed by atoms with E-state index in [9.17, 15) is 19.5 Å². The first-order valence-corrected chi connectivity index (χ1v) is 19.4. The monoisotopic (exact) mass is 687 g/mol. The number of rotatable bonds is 7. The zero-order valence-corrected chi connectivity index (χ0v) is 31.5. The third-order valence-electron chi connectivity index (χ3n) is 16.6. The minimum atomic E-state index is -3.45. The van der Waals surface area contributed by atoms with Gasteiger partial charge in [0.25, 0.3) is 0 Å². The third-order valence-corrected chi connectivity index (χ3v) is 16.6. The van der Waals surface area contributed by atoms with Gasteiger partial charge < -0.3 is 19.6 Å². The molecular weight excluding hydrogens is 612 g/mol. The Kier molecular flexibility index (Phi) is 7.49. The maximum Gasteiger partial charge on any atom is 0.309 e. The Morgan fingerprint density at radius 2 is 1.57 bits per heavy atom. The number of carbonyl (C=O) groups is 3. The van der Waals surface area contributed by atoms with Gasteiger partial charge in [0.2, 0.25) is 5.91 Å². The van der Waals surface area contributed by atoms with Crippen molar-refractivity contribution in [1.82, 2.24) is 9.80 Å². The SMILES string of the molecule is [2H]C([2H])([2H])C(CC(=O)O[C@H]1CC[C@]2(C)[C@H]3CC[C@@H]4[C@H]5[C@H](C(=C)C)CC[C@]5(C(=O)N5CCN(CC)CC5)CC[C@@]4(C)[C@]3(C)CC[C@H]2C1(C)C)(C(=O)O)C([2H])([2H])[2H]. The van der Waals surface area contributed by atoms with Gasteiger partial charge in [-0.2, -0.15) is 0 Å². The third kappa shape index (κ3) is 5.47. The molecule has 7 nitrogen and oxygen atoms in total. The number of likely N-dealkylation sites (N-methyl/N-ethyl adjacent to an activating group) is 1. The molecule has 1 aliphatic heterocycles. The minimum absolute atomic E-state index is 0.0332. The van der Waals surface area contributed by atoms with E-state index in [4.69, 9.17) is 13.0 Å². The van der Waals surface area contributed by atoms with Gasteiger partial charge in [0, 0.05) is 39.8 Å². The topological polar surface area (TPSA) is 87.2 Å².